The molecular formula is C15H25N3OS. The summed E-state index contributed by atoms with van der Waals surface area (Å²) >= 11 is 1.50. The first-order chi connectivity index (χ1) is 9.74. The molecule has 2 unspecified atom stereocenters. The molecule has 0 amide bonds. The largest absolute Gasteiger partial charge is 0.375 e. The third kappa shape index (κ3) is 2.76. The minimum atomic E-state index is 0.0953. The first kappa shape index (κ1) is 14.4. The van der Waals surface area contributed by atoms with Crippen molar-refractivity contribution >= 4 is 11.5 Å². The topological polar surface area (TPSA) is 61.0 Å². The van der Waals surface area contributed by atoms with E-state index in [2.05, 4.69) is 16.5 Å². The molecule has 2 atom stereocenters. The number of hydrogen-bond donors (Lipinski definition) is 1. The number of hydrogen-bond acceptors (Lipinski definition) is 5. The van der Waals surface area contributed by atoms with E-state index >= 15 is 0 Å². The summed E-state index contributed by atoms with van der Waals surface area (Å²) in [7, 11) is 0. The highest BCUT2D eigenvalue weighted by atomic mass is 32.1. The molecule has 0 aromatic carbocycles. The van der Waals surface area contributed by atoms with E-state index in [1.807, 2.05) is 0 Å². The molecule has 2 heterocycles. The SMILES string of the molecule is CCCc1nnsc1C(N)C1CCOC2(CCCC2)C1. The molecule has 1 aliphatic carbocycles. The van der Waals surface area contributed by atoms with E-state index in [1.165, 1.54) is 42.1 Å². The number of rotatable bonds is 4. The lowest BCUT2D eigenvalue weighted by atomic mass is 9.80. The lowest BCUT2D eigenvalue weighted by molar-refractivity contribution is -0.0962. The smallest absolute Gasteiger partial charge is 0.0803 e. The number of nitrogens with two attached hydrogens (primary N) is 1. The Kier molecular flexibility index (Phi) is 4.38. The Morgan fingerprint density at radius 3 is 3.00 bits per heavy atom. The second kappa shape index (κ2) is 6.08. The molecule has 20 heavy (non-hydrogen) atoms. The molecule has 2 aliphatic rings. The van der Waals surface area contributed by atoms with Gasteiger partial charge in [0.15, 0.2) is 0 Å². The van der Waals surface area contributed by atoms with Gasteiger partial charge < -0.3 is 10.5 Å². The molecule has 1 aromatic rings. The molecule has 1 aliphatic heterocycles. The molecule has 1 aromatic heterocycles. The third-order valence-electron chi connectivity index (χ3n) is 4.93. The Morgan fingerprint density at radius 1 is 1.45 bits per heavy atom. The van der Waals surface area contributed by atoms with Crippen LogP contribution in [0.5, 0.6) is 0 Å². The second-order valence-corrected chi connectivity index (χ2v) is 7.14. The monoisotopic (exact) mass is 295 g/mol. The van der Waals surface area contributed by atoms with Crippen LogP contribution in [0.4, 0.5) is 0 Å². The number of aromatic nitrogens is 2. The van der Waals surface area contributed by atoms with Crippen LogP contribution in [0.1, 0.15) is 68.5 Å². The number of ether oxygens (including phenoxy) is 1. The van der Waals surface area contributed by atoms with Crippen molar-refractivity contribution in [1.82, 2.24) is 9.59 Å². The normalized spacial score (nSPS) is 27.0. The van der Waals surface area contributed by atoms with Gasteiger partial charge in [0.2, 0.25) is 0 Å². The molecule has 1 saturated carbocycles. The molecule has 4 nitrogen and oxygen atoms in total. The predicted octanol–water partition coefficient (Wildman–Crippen LogP) is 3.23. The van der Waals surface area contributed by atoms with Crippen LogP contribution >= 0.6 is 11.5 Å². The van der Waals surface area contributed by atoms with Gasteiger partial charge in [-0.15, -0.1) is 5.10 Å². The van der Waals surface area contributed by atoms with Crippen LogP contribution in [0.2, 0.25) is 0 Å². The van der Waals surface area contributed by atoms with E-state index in [4.69, 9.17) is 10.5 Å². The van der Waals surface area contributed by atoms with Crippen LogP contribution in [-0.2, 0) is 11.2 Å². The summed E-state index contributed by atoms with van der Waals surface area (Å²) in [5.74, 6) is 0.528. The van der Waals surface area contributed by atoms with E-state index in [0.29, 0.717) is 5.92 Å². The maximum atomic E-state index is 6.57. The van der Waals surface area contributed by atoms with Crippen molar-refractivity contribution < 1.29 is 4.74 Å². The molecule has 112 valence electrons. The summed E-state index contributed by atoms with van der Waals surface area (Å²) in [6.07, 6.45) is 9.36. The van der Waals surface area contributed by atoms with Gasteiger partial charge in [-0.1, -0.05) is 30.7 Å². The van der Waals surface area contributed by atoms with Crippen molar-refractivity contribution in [3.05, 3.63) is 10.6 Å². The maximum Gasteiger partial charge on any atom is 0.0803 e. The van der Waals surface area contributed by atoms with Crippen LogP contribution in [-0.4, -0.2) is 21.8 Å². The zero-order valence-corrected chi connectivity index (χ0v) is 13.1. The van der Waals surface area contributed by atoms with E-state index in [-0.39, 0.29) is 11.6 Å². The molecule has 0 radical (unpaired) electrons. The molecule has 2 N–H and O–H groups in total. The molecule has 2 fully saturated rings. The summed E-state index contributed by atoms with van der Waals surface area (Å²) < 4.78 is 10.2. The molecule has 5 heteroatoms. The summed E-state index contributed by atoms with van der Waals surface area (Å²) in [6, 6.07) is 0.0953. The summed E-state index contributed by atoms with van der Waals surface area (Å²) in [4.78, 5) is 1.21. The van der Waals surface area contributed by atoms with E-state index in [9.17, 15) is 0 Å². The van der Waals surface area contributed by atoms with Gasteiger partial charge in [-0.25, -0.2) is 0 Å². The van der Waals surface area contributed by atoms with Crippen LogP contribution in [0.15, 0.2) is 0 Å². The Labute approximate surface area is 125 Å². The highest BCUT2D eigenvalue weighted by Gasteiger charge is 2.42. The van der Waals surface area contributed by atoms with Gasteiger partial charge >= 0.3 is 0 Å². The standard InChI is InChI=1S/C15H25N3OS/c1-2-5-12-14(20-18-17-12)13(16)11-6-9-19-15(10-11)7-3-4-8-15/h11,13H,2-10,16H2,1H3. The van der Waals surface area contributed by atoms with Gasteiger partial charge in [0, 0.05) is 12.6 Å². The van der Waals surface area contributed by atoms with Gasteiger partial charge in [-0.3, -0.25) is 0 Å². The Morgan fingerprint density at radius 2 is 2.25 bits per heavy atom. The van der Waals surface area contributed by atoms with Crippen molar-refractivity contribution in [2.45, 2.75) is 69.9 Å². The third-order valence-corrected chi connectivity index (χ3v) is 5.80. The second-order valence-electron chi connectivity index (χ2n) is 6.35. The van der Waals surface area contributed by atoms with Crippen molar-refractivity contribution in [3.63, 3.8) is 0 Å². The van der Waals surface area contributed by atoms with Crippen LogP contribution in [0.3, 0.4) is 0 Å². The fraction of sp³-hybridized carbons (Fsp3) is 0.867. The lowest BCUT2D eigenvalue weighted by Crippen LogP contribution is -2.40. The Bertz CT molecular complexity index is 442. The van der Waals surface area contributed by atoms with Crippen molar-refractivity contribution in [3.8, 4) is 0 Å². The van der Waals surface area contributed by atoms with Crippen molar-refractivity contribution in [2.75, 3.05) is 6.61 Å². The average Bonchev–Trinajstić information content (AvgIpc) is 3.09. The summed E-state index contributed by atoms with van der Waals surface area (Å²) in [6.45, 7) is 3.05. The quantitative estimate of drug-likeness (QED) is 0.926. The minimum absolute atomic E-state index is 0.0953. The zero-order valence-electron chi connectivity index (χ0n) is 12.3. The van der Waals surface area contributed by atoms with Crippen LogP contribution in [0.25, 0.3) is 0 Å². The van der Waals surface area contributed by atoms with E-state index in [1.54, 1.807) is 0 Å². The maximum absolute atomic E-state index is 6.57. The van der Waals surface area contributed by atoms with Crippen LogP contribution < -0.4 is 5.73 Å². The Hall–Kier alpha value is -0.520. The first-order valence-electron chi connectivity index (χ1n) is 7.95. The molecule has 3 rings (SSSR count). The molecule has 1 spiro atoms. The van der Waals surface area contributed by atoms with Gasteiger partial charge in [0.25, 0.3) is 0 Å². The predicted molar refractivity (Wildman–Crippen MR) is 80.7 cm³/mol. The van der Waals surface area contributed by atoms with Crippen molar-refractivity contribution in [2.24, 2.45) is 11.7 Å². The van der Waals surface area contributed by atoms with Crippen molar-refractivity contribution in [1.29, 1.82) is 0 Å². The average molecular weight is 295 g/mol. The first-order valence-corrected chi connectivity index (χ1v) is 8.72. The number of aryl methyl sites for hydroxylation is 1. The summed E-state index contributed by atoms with van der Waals surface area (Å²) in [5, 5.41) is 4.27. The van der Waals surface area contributed by atoms with E-state index < -0.39 is 0 Å². The minimum Gasteiger partial charge on any atom is -0.375 e. The van der Waals surface area contributed by atoms with Gasteiger partial charge in [0.05, 0.1) is 16.2 Å². The Balaban J connectivity index is 1.72. The van der Waals surface area contributed by atoms with Gasteiger partial charge in [-0.05, 0) is 49.6 Å². The molecule has 1 saturated heterocycles. The fourth-order valence-electron chi connectivity index (χ4n) is 3.83. The van der Waals surface area contributed by atoms with Crippen LogP contribution in [0, 0.1) is 5.92 Å². The van der Waals surface area contributed by atoms with Gasteiger partial charge in [-0.2, -0.15) is 0 Å². The summed E-state index contributed by atoms with van der Waals surface area (Å²) in [5.41, 5.74) is 7.84. The fourth-order valence-corrected chi connectivity index (χ4v) is 4.62. The number of nitrogens with zero attached hydrogens (tertiary/aromatic N) is 2. The highest BCUT2D eigenvalue weighted by Crippen LogP contribution is 2.45. The van der Waals surface area contributed by atoms with Gasteiger partial charge in [0.1, 0.15) is 0 Å². The molecule has 0 bridgehead atoms. The molecular weight excluding hydrogens is 270 g/mol. The zero-order chi connectivity index (χ0) is 14.0. The lowest BCUT2D eigenvalue weighted by Gasteiger charge is -2.40. The highest BCUT2D eigenvalue weighted by molar-refractivity contribution is 7.05. The van der Waals surface area contributed by atoms with E-state index in [0.717, 1.165) is 38.0 Å².